The lowest BCUT2D eigenvalue weighted by molar-refractivity contribution is -0.133. The van der Waals surface area contributed by atoms with Crippen LogP contribution >= 0.6 is 0 Å². The van der Waals surface area contributed by atoms with Crippen molar-refractivity contribution in [3.8, 4) is 0 Å². The zero-order chi connectivity index (χ0) is 24.5. The summed E-state index contributed by atoms with van der Waals surface area (Å²) in [4.78, 5) is 41.5. The maximum Gasteiger partial charge on any atom is 0.276 e. The monoisotopic (exact) mass is 465 g/mol. The highest BCUT2D eigenvalue weighted by molar-refractivity contribution is 6.06. The smallest absolute Gasteiger partial charge is 0.276 e. The second-order valence-electron chi connectivity index (χ2n) is 9.86. The highest BCUT2D eigenvalue weighted by Gasteiger charge is 2.48. The molecule has 1 fully saturated rings. The predicted molar refractivity (Wildman–Crippen MR) is 131 cm³/mol. The normalized spacial score (nSPS) is 20.4. The van der Waals surface area contributed by atoms with Gasteiger partial charge < -0.3 is 15.5 Å². The number of benzene rings is 1. The molecule has 34 heavy (non-hydrogen) atoms. The summed E-state index contributed by atoms with van der Waals surface area (Å²) in [6.45, 7) is 8.57. The average molecular weight is 466 g/mol. The van der Waals surface area contributed by atoms with Crippen molar-refractivity contribution in [2.75, 3.05) is 11.9 Å². The molecule has 1 aromatic heterocycles. The zero-order valence-electron chi connectivity index (χ0n) is 20.6. The minimum absolute atomic E-state index is 0.147. The van der Waals surface area contributed by atoms with Gasteiger partial charge in [-0.2, -0.15) is 5.10 Å². The maximum absolute atomic E-state index is 13.5. The fraction of sp³-hybridized carbons (Fsp3) is 0.538. The topological polar surface area (TPSA) is 96.3 Å². The molecule has 2 N–H and O–H groups in total. The van der Waals surface area contributed by atoms with Crippen LogP contribution in [0.25, 0.3) is 0 Å². The zero-order valence-corrected chi connectivity index (χ0v) is 20.6. The van der Waals surface area contributed by atoms with Gasteiger partial charge in [-0.25, -0.2) is 0 Å². The van der Waals surface area contributed by atoms with Crippen molar-refractivity contribution in [3.05, 3.63) is 46.8 Å². The number of hydrogen-bond donors (Lipinski definition) is 2. The highest BCUT2D eigenvalue weighted by Crippen LogP contribution is 2.29. The van der Waals surface area contributed by atoms with Crippen LogP contribution in [0.3, 0.4) is 0 Å². The summed E-state index contributed by atoms with van der Waals surface area (Å²) in [6, 6.07) is 7.40. The van der Waals surface area contributed by atoms with E-state index in [0.29, 0.717) is 17.9 Å². The predicted octanol–water partition coefficient (Wildman–Crippen LogP) is 3.83. The molecule has 8 heteroatoms. The number of carbonyl (C=O) groups excluding carboxylic acids is 3. The molecule has 1 aromatic carbocycles. The van der Waals surface area contributed by atoms with Crippen molar-refractivity contribution in [2.45, 2.75) is 84.3 Å². The first-order valence-electron chi connectivity index (χ1n) is 12.3. The van der Waals surface area contributed by atoms with E-state index < -0.39 is 5.54 Å². The SMILES string of the molecule is CCCCN1C(=O)c2cc(C(=O)Nc3ccc(C)c(C)c3)nn2CC1(C)C(=O)NC1CCCC1. The van der Waals surface area contributed by atoms with Crippen LogP contribution in [0.1, 0.15) is 84.5 Å². The lowest BCUT2D eigenvalue weighted by Gasteiger charge is -2.43. The standard InChI is InChI=1S/C26H35N5O3/c1-5-6-13-30-24(33)22-15-21(23(32)27-20-12-11-17(2)18(3)14-20)29-31(22)16-26(30,4)25(34)28-19-9-7-8-10-19/h11-12,14-15,19H,5-10,13,16H2,1-4H3,(H,27,32)(H,28,34). The number of aromatic nitrogens is 2. The molecule has 1 unspecified atom stereocenters. The number of aryl methyl sites for hydroxylation is 2. The van der Waals surface area contributed by atoms with E-state index in [2.05, 4.69) is 22.7 Å². The molecule has 2 aromatic rings. The molecular formula is C26H35N5O3. The van der Waals surface area contributed by atoms with E-state index in [1.807, 2.05) is 39.0 Å². The Morgan fingerprint density at radius 1 is 1.15 bits per heavy atom. The number of hydrogen-bond acceptors (Lipinski definition) is 4. The molecule has 0 spiro atoms. The molecule has 2 heterocycles. The highest BCUT2D eigenvalue weighted by atomic mass is 16.2. The Labute approximate surface area is 201 Å². The molecule has 0 bridgehead atoms. The first kappa shape index (κ1) is 24.0. The third-order valence-electron chi connectivity index (χ3n) is 7.21. The van der Waals surface area contributed by atoms with Crippen molar-refractivity contribution in [2.24, 2.45) is 0 Å². The Bertz CT molecular complexity index is 1100. The summed E-state index contributed by atoms with van der Waals surface area (Å²) in [5.41, 5.74) is 2.34. The molecular weight excluding hydrogens is 430 g/mol. The number of fused-ring (bicyclic) bond motifs is 1. The molecule has 1 saturated carbocycles. The van der Waals surface area contributed by atoms with Gasteiger partial charge in [-0.05, 0) is 63.3 Å². The third kappa shape index (κ3) is 4.58. The van der Waals surface area contributed by atoms with Crippen LogP contribution in [0.4, 0.5) is 5.69 Å². The molecule has 1 aliphatic heterocycles. The van der Waals surface area contributed by atoms with Gasteiger partial charge in [0, 0.05) is 24.3 Å². The van der Waals surface area contributed by atoms with Crippen LogP contribution in [-0.4, -0.2) is 50.5 Å². The lowest BCUT2D eigenvalue weighted by atomic mass is 9.94. The largest absolute Gasteiger partial charge is 0.351 e. The van der Waals surface area contributed by atoms with Gasteiger partial charge in [0.15, 0.2) is 5.69 Å². The summed E-state index contributed by atoms with van der Waals surface area (Å²) in [5.74, 6) is -0.789. The van der Waals surface area contributed by atoms with E-state index in [-0.39, 0.29) is 36.0 Å². The number of nitrogens with one attached hydrogen (secondary N) is 2. The number of anilines is 1. The van der Waals surface area contributed by atoms with Crippen molar-refractivity contribution in [1.82, 2.24) is 20.0 Å². The minimum Gasteiger partial charge on any atom is -0.351 e. The molecule has 2 aliphatic rings. The molecule has 4 rings (SSSR count). The first-order valence-corrected chi connectivity index (χ1v) is 12.3. The van der Waals surface area contributed by atoms with Crippen molar-refractivity contribution < 1.29 is 14.4 Å². The molecule has 182 valence electrons. The fourth-order valence-corrected chi connectivity index (χ4v) is 4.84. The van der Waals surface area contributed by atoms with Gasteiger partial charge in [-0.3, -0.25) is 19.1 Å². The van der Waals surface area contributed by atoms with Crippen LogP contribution in [0, 0.1) is 13.8 Å². The van der Waals surface area contributed by atoms with Crippen LogP contribution in [0.2, 0.25) is 0 Å². The third-order valence-corrected chi connectivity index (χ3v) is 7.21. The molecule has 0 radical (unpaired) electrons. The van der Waals surface area contributed by atoms with Gasteiger partial charge in [0.1, 0.15) is 11.2 Å². The summed E-state index contributed by atoms with van der Waals surface area (Å²) < 4.78 is 1.52. The van der Waals surface area contributed by atoms with Crippen LogP contribution in [-0.2, 0) is 11.3 Å². The summed E-state index contributed by atoms with van der Waals surface area (Å²) >= 11 is 0. The quantitative estimate of drug-likeness (QED) is 0.650. The number of amides is 3. The van der Waals surface area contributed by atoms with Crippen LogP contribution in [0.5, 0.6) is 0 Å². The van der Waals surface area contributed by atoms with E-state index in [0.717, 1.165) is 49.7 Å². The Morgan fingerprint density at radius 2 is 1.88 bits per heavy atom. The van der Waals surface area contributed by atoms with E-state index >= 15 is 0 Å². The van der Waals surface area contributed by atoms with E-state index in [1.54, 1.807) is 4.90 Å². The first-order chi connectivity index (χ1) is 16.2. The molecule has 0 saturated heterocycles. The number of rotatable bonds is 7. The Kier molecular flexibility index (Phi) is 6.77. The second-order valence-corrected chi connectivity index (χ2v) is 9.86. The van der Waals surface area contributed by atoms with Gasteiger partial charge in [0.25, 0.3) is 11.8 Å². The van der Waals surface area contributed by atoms with Crippen molar-refractivity contribution in [3.63, 3.8) is 0 Å². The summed E-state index contributed by atoms with van der Waals surface area (Å²) in [5, 5.41) is 10.5. The number of carbonyl (C=O) groups is 3. The molecule has 1 aliphatic carbocycles. The average Bonchev–Trinajstić information content (AvgIpc) is 3.46. The van der Waals surface area contributed by atoms with Crippen LogP contribution in [0.15, 0.2) is 24.3 Å². The summed E-state index contributed by atoms with van der Waals surface area (Å²) in [7, 11) is 0. The van der Waals surface area contributed by atoms with E-state index in [4.69, 9.17) is 0 Å². The number of unbranched alkanes of at least 4 members (excludes halogenated alkanes) is 1. The van der Waals surface area contributed by atoms with Crippen LogP contribution < -0.4 is 10.6 Å². The van der Waals surface area contributed by atoms with Gasteiger partial charge in [0.2, 0.25) is 5.91 Å². The Balaban J connectivity index is 1.59. The second kappa shape index (κ2) is 9.60. The molecule has 3 amide bonds. The lowest BCUT2D eigenvalue weighted by Crippen LogP contribution is -2.65. The molecule has 1 atom stereocenters. The summed E-state index contributed by atoms with van der Waals surface area (Å²) in [6.07, 6.45) is 5.88. The van der Waals surface area contributed by atoms with Crippen molar-refractivity contribution >= 4 is 23.4 Å². The number of nitrogens with zero attached hydrogens (tertiary/aromatic N) is 3. The van der Waals surface area contributed by atoms with Gasteiger partial charge >= 0.3 is 0 Å². The van der Waals surface area contributed by atoms with E-state index in [1.165, 1.54) is 10.7 Å². The fourth-order valence-electron chi connectivity index (χ4n) is 4.84. The molecule has 8 nitrogen and oxygen atoms in total. The Morgan fingerprint density at radius 3 is 2.56 bits per heavy atom. The van der Waals surface area contributed by atoms with Crippen molar-refractivity contribution in [1.29, 1.82) is 0 Å². The van der Waals surface area contributed by atoms with E-state index in [9.17, 15) is 14.4 Å². The van der Waals surface area contributed by atoms with Gasteiger partial charge in [-0.1, -0.05) is 32.3 Å². The maximum atomic E-state index is 13.5. The minimum atomic E-state index is -1.06. The van der Waals surface area contributed by atoms with Gasteiger partial charge in [-0.15, -0.1) is 0 Å². The Hall–Kier alpha value is -3.16. The van der Waals surface area contributed by atoms with Gasteiger partial charge in [0.05, 0.1) is 6.54 Å².